The van der Waals surface area contributed by atoms with Crippen molar-refractivity contribution in [3.63, 3.8) is 0 Å². The summed E-state index contributed by atoms with van der Waals surface area (Å²) in [4.78, 5) is 0. The van der Waals surface area contributed by atoms with Gasteiger partial charge in [-0.05, 0) is 30.9 Å². The number of nitrogens with one attached hydrogen (secondary N) is 1. The van der Waals surface area contributed by atoms with Crippen LogP contribution < -0.4 is 5.32 Å². The minimum absolute atomic E-state index is 0.354. The average molecular weight is 273 g/mol. The highest BCUT2D eigenvalue weighted by Crippen LogP contribution is 2.25. The van der Waals surface area contributed by atoms with Crippen molar-refractivity contribution in [2.75, 3.05) is 24.7 Å². The summed E-state index contributed by atoms with van der Waals surface area (Å²) in [6.45, 7) is 3.46. The molecule has 0 aromatic rings. The summed E-state index contributed by atoms with van der Waals surface area (Å²) in [7, 11) is 0. The molecular weight excluding hydrogens is 246 g/mol. The molecule has 0 aromatic heterocycles. The fraction of sp³-hybridized carbons (Fsp3) is 1.00. The van der Waals surface area contributed by atoms with E-state index >= 15 is 0 Å². The second kappa shape index (κ2) is 7.73. The van der Waals surface area contributed by atoms with Gasteiger partial charge in [0.1, 0.15) is 0 Å². The van der Waals surface area contributed by atoms with Gasteiger partial charge in [0.05, 0.1) is 18.8 Å². The topological polar surface area (TPSA) is 41.5 Å². The molecule has 1 saturated carbocycles. The van der Waals surface area contributed by atoms with E-state index in [-0.39, 0.29) is 6.10 Å². The molecule has 3 nitrogen and oxygen atoms in total. The van der Waals surface area contributed by atoms with Crippen LogP contribution in [0.5, 0.6) is 0 Å². The summed E-state index contributed by atoms with van der Waals surface area (Å²) in [6, 6.07) is 0.597. The van der Waals surface area contributed by atoms with E-state index in [9.17, 15) is 5.11 Å². The van der Waals surface area contributed by atoms with Gasteiger partial charge < -0.3 is 15.2 Å². The zero-order valence-corrected chi connectivity index (χ0v) is 12.3. The molecule has 1 aliphatic carbocycles. The Morgan fingerprint density at radius 1 is 1.39 bits per heavy atom. The Morgan fingerprint density at radius 2 is 2.28 bits per heavy atom. The molecule has 2 rings (SSSR count). The van der Waals surface area contributed by atoms with E-state index in [1.807, 2.05) is 11.8 Å². The van der Waals surface area contributed by atoms with Gasteiger partial charge in [0.25, 0.3) is 0 Å². The summed E-state index contributed by atoms with van der Waals surface area (Å²) in [5.74, 6) is 3.23. The Morgan fingerprint density at radius 3 is 3.00 bits per heavy atom. The number of thioether (sulfide) groups is 1. The predicted octanol–water partition coefficient (Wildman–Crippen LogP) is 2.04. The van der Waals surface area contributed by atoms with Gasteiger partial charge >= 0.3 is 0 Å². The van der Waals surface area contributed by atoms with E-state index in [1.165, 1.54) is 43.6 Å². The zero-order valence-electron chi connectivity index (χ0n) is 11.4. The lowest BCUT2D eigenvalue weighted by Crippen LogP contribution is -2.38. The van der Waals surface area contributed by atoms with Crippen LogP contribution in [0.15, 0.2) is 0 Å². The Kier molecular flexibility index (Phi) is 6.29. The third-order valence-corrected chi connectivity index (χ3v) is 5.15. The fourth-order valence-electron chi connectivity index (χ4n) is 2.83. The number of rotatable bonds is 6. The smallest absolute Gasteiger partial charge is 0.0897 e. The highest BCUT2D eigenvalue weighted by Gasteiger charge is 2.21. The highest BCUT2D eigenvalue weighted by atomic mass is 32.2. The van der Waals surface area contributed by atoms with Crippen molar-refractivity contribution in [2.45, 2.75) is 57.3 Å². The summed E-state index contributed by atoms with van der Waals surface area (Å²) in [5, 5.41) is 13.3. The second-order valence-corrected chi connectivity index (χ2v) is 7.00. The first-order valence-electron chi connectivity index (χ1n) is 7.35. The molecular formula is C14H27NO2S. The van der Waals surface area contributed by atoms with Crippen LogP contribution in [-0.4, -0.2) is 48.0 Å². The first kappa shape index (κ1) is 14.6. The van der Waals surface area contributed by atoms with E-state index < -0.39 is 0 Å². The molecule has 106 valence electrons. The fourth-order valence-corrected chi connectivity index (χ4v) is 4.02. The lowest BCUT2D eigenvalue weighted by atomic mass is 9.89. The molecule has 0 radical (unpaired) electrons. The number of hydrogen-bond donors (Lipinski definition) is 2. The molecule has 2 aliphatic rings. The van der Waals surface area contributed by atoms with Gasteiger partial charge in [-0.25, -0.2) is 0 Å². The number of aliphatic hydroxyl groups is 1. The number of aliphatic hydroxyl groups excluding tert-OH is 1. The SMILES string of the molecule is CC1CCCC(OCC(O)CNC2CCSC2)C1. The molecule has 0 aromatic carbocycles. The lowest BCUT2D eigenvalue weighted by Gasteiger charge is -2.27. The van der Waals surface area contributed by atoms with Gasteiger partial charge in [0.2, 0.25) is 0 Å². The second-order valence-electron chi connectivity index (χ2n) is 5.85. The monoisotopic (exact) mass is 273 g/mol. The normalized spacial score (nSPS) is 34.7. The summed E-state index contributed by atoms with van der Waals surface area (Å²) < 4.78 is 5.84. The lowest BCUT2D eigenvalue weighted by molar-refractivity contribution is -0.0310. The van der Waals surface area contributed by atoms with Gasteiger partial charge in [-0.15, -0.1) is 0 Å². The molecule has 1 saturated heterocycles. The van der Waals surface area contributed by atoms with Crippen molar-refractivity contribution in [3.8, 4) is 0 Å². The summed E-state index contributed by atoms with van der Waals surface area (Å²) in [6.07, 6.45) is 6.21. The standard InChI is InChI=1S/C14H27NO2S/c1-11-3-2-4-14(7-11)17-9-13(16)8-15-12-5-6-18-10-12/h11-16H,2-10H2,1H3. The van der Waals surface area contributed by atoms with E-state index in [0.717, 1.165) is 5.92 Å². The minimum Gasteiger partial charge on any atom is -0.389 e. The molecule has 0 spiro atoms. The molecule has 4 unspecified atom stereocenters. The van der Waals surface area contributed by atoms with Gasteiger partial charge in [-0.3, -0.25) is 0 Å². The van der Waals surface area contributed by atoms with Crippen LogP contribution in [0.25, 0.3) is 0 Å². The summed E-state index contributed by atoms with van der Waals surface area (Å²) >= 11 is 1.99. The van der Waals surface area contributed by atoms with Crippen LogP contribution >= 0.6 is 11.8 Å². The molecule has 2 N–H and O–H groups in total. The van der Waals surface area contributed by atoms with Gasteiger partial charge in [-0.1, -0.05) is 19.8 Å². The largest absolute Gasteiger partial charge is 0.389 e. The van der Waals surface area contributed by atoms with Crippen LogP contribution in [0.4, 0.5) is 0 Å². The highest BCUT2D eigenvalue weighted by molar-refractivity contribution is 7.99. The zero-order chi connectivity index (χ0) is 12.8. The molecule has 18 heavy (non-hydrogen) atoms. The maximum atomic E-state index is 9.91. The Hall–Kier alpha value is 0.230. The molecule has 1 aliphatic heterocycles. The Balaban J connectivity index is 1.54. The van der Waals surface area contributed by atoms with Crippen LogP contribution in [0.1, 0.15) is 39.0 Å². The van der Waals surface area contributed by atoms with Gasteiger partial charge in [-0.2, -0.15) is 11.8 Å². The van der Waals surface area contributed by atoms with E-state index in [2.05, 4.69) is 12.2 Å². The van der Waals surface area contributed by atoms with Gasteiger partial charge in [0, 0.05) is 18.3 Å². The van der Waals surface area contributed by atoms with E-state index in [0.29, 0.717) is 25.3 Å². The van der Waals surface area contributed by atoms with Gasteiger partial charge in [0.15, 0.2) is 0 Å². The van der Waals surface area contributed by atoms with E-state index in [4.69, 9.17) is 4.74 Å². The number of ether oxygens (including phenoxy) is 1. The van der Waals surface area contributed by atoms with Crippen molar-refractivity contribution in [1.29, 1.82) is 0 Å². The third-order valence-electron chi connectivity index (χ3n) is 3.98. The molecule has 0 bridgehead atoms. The third kappa shape index (κ3) is 5.08. The first-order valence-corrected chi connectivity index (χ1v) is 8.50. The molecule has 1 heterocycles. The minimum atomic E-state index is -0.354. The maximum absolute atomic E-state index is 9.91. The molecule has 0 amide bonds. The van der Waals surface area contributed by atoms with Crippen molar-refractivity contribution in [3.05, 3.63) is 0 Å². The quantitative estimate of drug-likeness (QED) is 0.777. The predicted molar refractivity (Wildman–Crippen MR) is 77.1 cm³/mol. The number of hydrogen-bond acceptors (Lipinski definition) is 4. The van der Waals surface area contributed by atoms with Crippen molar-refractivity contribution in [1.82, 2.24) is 5.32 Å². The van der Waals surface area contributed by atoms with Crippen LogP contribution in [-0.2, 0) is 4.74 Å². The Bertz CT molecular complexity index is 234. The van der Waals surface area contributed by atoms with Crippen LogP contribution in [0, 0.1) is 5.92 Å². The summed E-state index contributed by atoms with van der Waals surface area (Å²) in [5.41, 5.74) is 0. The molecule has 4 heteroatoms. The van der Waals surface area contributed by atoms with Crippen molar-refractivity contribution in [2.24, 2.45) is 5.92 Å². The maximum Gasteiger partial charge on any atom is 0.0897 e. The van der Waals surface area contributed by atoms with Crippen LogP contribution in [0.2, 0.25) is 0 Å². The first-order chi connectivity index (χ1) is 8.74. The Labute approximate surface area is 115 Å². The molecule has 4 atom stereocenters. The average Bonchev–Trinajstić information content (AvgIpc) is 2.87. The van der Waals surface area contributed by atoms with Crippen molar-refractivity contribution >= 4 is 11.8 Å². The van der Waals surface area contributed by atoms with Crippen LogP contribution in [0.3, 0.4) is 0 Å². The van der Waals surface area contributed by atoms with Crippen molar-refractivity contribution < 1.29 is 9.84 Å². The molecule has 2 fully saturated rings. The van der Waals surface area contributed by atoms with E-state index in [1.54, 1.807) is 0 Å².